The van der Waals surface area contributed by atoms with Crippen molar-refractivity contribution < 1.29 is 0 Å². The fourth-order valence-electron chi connectivity index (χ4n) is 1.87. The lowest BCUT2D eigenvalue weighted by molar-refractivity contribution is 0.587. The fourth-order valence-corrected chi connectivity index (χ4v) is 2.57. The first-order chi connectivity index (χ1) is 6.79. The third-order valence-electron chi connectivity index (χ3n) is 2.82. The summed E-state index contributed by atoms with van der Waals surface area (Å²) in [4.78, 5) is 0. The maximum absolute atomic E-state index is 4.60. The van der Waals surface area contributed by atoms with Crippen LogP contribution in [-0.2, 0) is 0 Å². The second kappa shape index (κ2) is 7.70. The summed E-state index contributed by atoms with van der Waals surface area (Å²) in [5.41, 5.74) is 0. The van der Waals surface area contributed by atoms with E-state index in [1.54, 1.807) is 0 Å². The van der Waals surface area contributed by atoms with Gasteiger partial charge in [-0.2, -0.15) is 25.3 Å². The molecule has 2 atom stereocenters. The Hall–Kier alpha value is 0.440. The van der Waals surface area contributed by atoms with E-state index in [0.29, 0.717) is 10.5 Å². The van der Waals surface area contributed by atoms with Gasteiger partial charge in [0.05, 0.1) is 0 Å². The summed E-state index contributed by atoms with van der Waals surface area (Å²) in [5, 5.41) is 1.21. The van der Waals surface area contributed by atoms with E-state index in [9.17, 15) is 0 Å². The lowest BCUT2D eigenvalue weighted by Crippen LogP contribution is -2.03. The normalized spacial score (nSPS) is 31.9. The Bertz CT molecular complexity index is 166. The van der Waals surface area contributed by atoms with E-state index in [1.165, 1.54) is 51.4 Å². The Morgan fingerprint density at radius 3 is 2.07 bits per heavy atom. The quantitative estimate of drug-likeness (QED) is 0.450. The van der Waals surface area contributed by atoms with Gasteiger partial charge in [0.2, 0.25) is 0 Å². The minimum absolute atomic E-state index is 0.597. The Labute approximate surface area is 99.4 Å². The van der Waals surface area contributed by atoms with Crippen molar-refractivity contribution in [2.45, 2.75) is 61.9 Å². The molecule has 2 heteroatoms. The molecule has 0 spiro atoms. The van der Waals surface area contributed by atoms with E-state index in [1.807, 2.05) is 0 Å². The molecule has 0 fully saturated rings. The number of hydrogen-bond donors (Lipinski definition) is 2. The highest BCUT2D eigenvalue weighted by Crippen LogP contribution is 2.19. The van der Waals surface area contributed by atoms with Gasteiger partial charge in [-0.15, -0.1) is 0 Å². The van der Waals surface area contributed by atoms with Crippen molar-refractivity contribution in [2.24, 2.45) is 0 Å². The minimum atomic E-state index is 0.597. The van der Waals surface area contributed by atoms with E-state index in [4.69, 9.17) is 0 Å². The van der Waals surface area contributed by atoms with E-state index in [2.05, 4.69) is 37.4 Å². The molecule has 0 radical (unpaired) electrons. The highest BCUT2D eigenvalue weighted by atomic mass is 32.1. The van der Waals surface area contributed by atoms with Crippen molar-refractivity contribution in [2.75, 3.05) is 0 Å². The molecular formula is C12H22S2. The largest absolute Gasteiger partial charge is 0.176 e. The lowest BCUT2D eigenvalue weighted by atomic mass is 10.0. The van der Waals surface area contributed by atoms with Crippen molar-refractivity contribution >= 4 is 25.3 Å². The van der Waals surface area contributed by atoms with Crippen LogP contribution in [0.2, 0.25) is 0 Å². The molecule has 0 bridgehead atoms. The first-order valence-electron chi connectivity index (χ1n) is 5.80. The fraction of sp³-hybridized carbons (Fsp3) is 0.833. The van der Waals surface area contributed by atoms with Crippen LogP contribution < -0.4 is 0 Å². The van der Waals surface area contributed by atoms with E-state index >= 15 is 0 Å². The molecule has 82 valence electrons. The van der Waals surface area contributed by atoms with Gasteiger partial charge in [0, 0.05) is 10.5 Å². The second-order valence-corrected chi connectivity index (χ2v) is 5.68. The Kier molecular flexibility index (Phi) is 6.88. The standard InChI is InChI=1S/C12H22S2/c13-11-7-4-2-1-3-5-8-12(14)10-6-9-11/h1-2,11-14H,3-10H2. The van der Waals surface area contributed by atoms with Gasteiger partial charge in [-0.25, -0.2) is 0 Å². The van der Waals surface area contributed by atoms with Crippen LogP contribution in [0.25, 0.3) is 0 Å². The summed E-state index contributed by atoms with van der Waals surface area (Å²) in [6, 6.07) is 0. The number of allylic oxidation sites excluding steroid dienone is 2. The van der Waals surface area contributed by atoms with Gasteiger partial charge in [0.25, 0.3) is 0 Å². The highest BCUT2D eigenvalue weighted by Gasteiger charge is 2.06. The average molecular weight is 230 g/mol. The number of thiol groups is 2. The molecule has 0 aromatic carbocycles. The van der Waals surface area contributed by atoms with Crippen LogP contribution in [0.3, 0.4) is 0 Å². The molecule has 14 heavy (non-hydrogen) atoms. The molecule has 0 saturated heterocycles. The average Bonchev–Trinajstić information content (AvgIpc) is 2.14. The SMILES string of the molecule is SC1CCC=CCCCC(S)CCC1. The van der Waals surface area contributed by atoms with Crippen LogP contribution in [0.5, 0.6) is 0 Å². The molecule has 0 saturated carbocycles. The molecule has 0 nitrogen and oxygen atoms in total. The van der Waals surface area contributed by atoms with Crippen LogP contribution >= 0.6 is 25.3 Å². The maximum Gasteiger partial charge on any atom is 0.00197 e. The lowest BCUT2D eigenvalue weighted by Gasteiger charge is -2.13. The summed E-state index contributed by atoms with van der Waals surface area (Å²) in [7, 11) is 0. The zero-order valence-electron chi connectivity index (χ0n) is 8.86. The van der Waals surface area contributed by atoms with Crippen molar-refractivity contribution in [1.82, 2.24) is 0 Å². The molecule has 1 aliphatic rings. The molecule has 1 aliphatic carbocycles. The molecule has 0 N–H and O–H groups in total. The van der Waals surface area contributed by atoms with Crippen molar-refractivity contribution in [3.05, 3.63) is 12.2 Å². The number of hydrogen-bond acceptors (Lipinski definition) is 2. The molecular weight excluding hydrogens is 208 g/mol. The van der Waals surface area contributed by atoms with Crippen LogP contribution in [0.1, 0.15) is 51.4 Å². The Morgan fingerprint density at radius 2 is 1.29 bits per heavy atom. The summed E-state index contributed by atoms with van der Waals surface area (Å²) in [5.74, 6) is 0. The van der Waals surface area contributed by atoms with E-state index < -0.39 is 0 Å². The van der Waals surface area contributed by atoms with Crippen LogP contribution in [0.15, 0.2) is 12.2 Å². The van der Waals surface area contributed by atoms with Gasteiger partial charge in [0.1, 0.15) is 0 Å². The summed E-state index contributed by atoms with van der Waals surface area (Å²) < 4.78 is 0. The maximum atomic E-state index is 4.60. The van der Waals surface area contributed by atoms with Gasteiger partial charge >= 0.3 is 0 Å². The third kappa shape index (κ3) is 6.02. The predicted octanol–water partition coefficient (Wildman–Crippen LogP) is 4.27. The molecule has 0 heterocycles. The smallest absolute Gasteiger partial charge is 0.00197 e. The van der Waals surface area contributed by atoms with Crippen molar-refractivity contribution in [3.63, 3.8) is 0 Å². The van der Waals surface area contributed by atoms with Gasteiger partial charge in [0.15, 0.2) is 0 Å². The highest BCUT2D eigenvalue weighted by molar-refractivity contribution is 7.81. The zero-order valence-corrected chi connectivity index (χ0v) is 10.6. The number of rotatable bonds is 0. The van der Waals surface area contributed by atoms with Crippen LogP contribution in [0, 0.1) is 0 Å². The van der Waals surface area contributed by atoms with Gasteiger partial charge < -0.3 is 0 Å². The van der Waals surface area contributed by atoms with Gasteiger partial charge in [-0.05, 0) is 44.9 Å². The van der Waals surface area contributed by atoms with Crippen molar-refractivity contribution in [3.8, 4) is 0 Å². The summed E-state index contributed by atoms with van der Waals surface area (Å²) in [6.07, 6.45) is 14.7. The van der Waals surface area contributed by atoms with E-state index in [-0.39, 0.29) is 0 Å². The minimum Gasteiger partial charge on any atom is -0.176 e. The second-order valence-electron chi connectivity index (χ2n) is 4.22. The molecule has 0 aromatic rings. The first-order valence-corrected chi connectivity index (χ1v) is 6.83. The molecule has 1 rings (SSSR count). The first kappa shape index (κ1) is 12.5. The topological polar surface area (TPSA) is 0 Å². The Morgan fingerprint density at radius 1 is 0.714 bits per heavy atom. The Balaban J connectivity index is 2.30. The zero-order chi connectivity index (χ0) is 10.2. The predicted molar refractivity (Wildman–Crippen MR) is 71.6 cm³/mol. The van der Waals surface area contributed by atoms with Gasteiger partial charge in [-0.1, -0.05) is 18.6 Å². The van der Waals surface area contributed by atoms with Crippen LogP contribution in [-0.4, -0.2) is 10.5 Å². The van der Waals surface area contributed by atoms with Gasteiger partial charge in [-0.3, -0.25) is 0 Å². The van der Waals surface area contributed by atoms with Crippen LogP contribution in [0.4, 0.5) is 0 Å². The van der Waals surface area contributed by atoms with Crippen molar-refractivity contribution in [1.29, 1.82) is 0 Å². The summed E-state index contributed by atoms with van der Waals surface area (Å²) in [6.45, 7) is 0. The summed E-state index contributed by atoms with van der Waals surface area (Å²) >= 11 is 9.20. The molecule has 2 unspecified atom stereocenters. The molecule has 0 amide bonds. The van der Waals surface area contributed by atoms with E-state index in [0.717, 1.165) is 0 Å². The third-order valence-corrected chi connectivity index (χ3v) is 3.85. The monoisotopic (exact) mass is 230 g/mol. The molecule has 0 aliphatic heterocycles. The molecule has 0 aromatic heterocycles.